The van der Waals surface area contributed by atoms with Gasteiger partial charge in [-0.3, -0.25) is 9.69 Å². The van der Waals surface area contributed by atoms with E-state index in [1.54, 1.807) is 6.07 Å². The molecule has 0 N–H and O–H groups in total. The summed E-state index contributed by atoms with van der Waals surface area (Å²) in [6, 6.07) is 9.51. The molecule has 7 heteroatoms. The lowest BCUT2D eigenvalue weighted by molar-refractivity contribution is 0.254. The molecule has 1 aromatic carbocycles. The van der Waals surface area contributed by atoms with Crippen molar-refractivity contribution in [2.45, 2.75) is 52.6 Å². The highest BCUT2D eigenvalue weighted by Crippen LogP contribution is 2.16. The van der Waals surface area contributed by atoms with Gasteiger partial charge in [0.05, 0.1) is 5.69 Å². The van der Waals surface area contributed by atoms with Crippen LogP contribution < -0.4 is 5.56 Å². The zero-order valence-electron chi connectivity index (χ0n) is 15.8. The predicted molar refractivity (Wildman–Crippen MR) is 112 cm³/mol. The Bertz CT molecular complexity index is 935. The molecule has 0 aliphatic heterocycles. The Morgan fingerprint density at radius 3 is 2.63 bits per heavy atom. The van der Waals surface area contributed by atoms with Crippen LogP contribution in [-0.4, -0.2) is 26.0 Å². The van der Waals surface area contributed by atoms with Crippen LogP contribution in [0, 0.1) is 0 Å². The Kier molecular flexibility index (Phi) is 6.99. The lowest BCUT2D eigenvalue weighted by Gasteiger charge is -2.21. The lowest BCUT2D eigenvalue weighted by Crippen LogP contribution is -2.26. The summed E-state index contributed by atoms with van der Waals surface area (Å²) in [5.41, 5.74) is 1.90. The molecule has 3 rings (SSSR count). The molecule has 0 aliphatic rings. The summed E-state index contributed by atoms with van der Waals surface area (Å²) in [6.07, 6.45) is 4.13. The number of fused-ring (bicyclic) bond motifs is 1. The van der Waals surface area contributed by atoms with Crippen LogP contribution in [0.3, 0.4) is 0 Å². The molecule has 5 nitrogen and oxygen atoms in total. The number of unbranched alkanes of at least 4 members (excludes halogenated alkanes) is 1. The third-order valence-corrected chi connectivity index (χ3v) is 5.55. The van der Waals surface area contributed by atoms with E-state index in [-0.39, 0.29) is 5.56 Å². The van der Waals surface area contributed by atoms with E-state index in [0.717, 1.165) is 54.5 Å². The number of rotatable bonds is 9. The minimum atomic E-state index is -0.100. The zero-order valence-corrected chi connectivity index (χ0v) is 17.4. The molecule has 0 spiro atoms. The Morgan fingerprint density at radius 1 is 1.15 bits per heavy atom. The maximum Gasteiger partial charge on any atom is 0.275 e. The van der Waals surface area contributed by atoms with Crippen molar-refractivity contribution in [3.8, 4) is 0 Å². The normalized spacial score (nSPS) is 11.6. The second-order valence-electron chi connectivity index (χ2n) is 6.72. The van der Waals surface area contributed by atoms with Gasteiger partial charge in [0.25, 0.3) is 5.56 Å². The smallest absolute Gasteiger partial charge is 0.275 e. The van der Waals surface area contributed by atoms with Crippen LogP contribution in [0.5, 0.6) is 0 Å². The molecule has 0 unspecified atom stereocenters. The van der Waals surface area contributed by atoms with E-state index >= 15 is 0 Å². The number of hydrogen-bond donors (Lipinski definition) is 0. The van der Waals surface area contributed by atoms with Gasteiger partial charge in [-0.1, -0.05) is 55.3 Å². The van der Waals surface area contributed by atoms with Gasteiger partial charge in [-0.15, -0.1) is 0 Å². The van der Waals surface area contributed by atoms with Gasteiger partial charge in [-0.05, 0) is 37.1 Å². The molecule has 0 fully saturated rings. The molecule has 144 valence electrons. The third-order valence-electron chi connectivity index (χ3n) is 4.33. The van der Waals surface area contributed by atoms with E-state index in [4.69, 9.17) is 16.6 Å². The molecule has 0 saturated heterocycles. The minimum Gasteiger partial charge on any atom is -0.293 e. The number of aromatic nitrogens is 3. The van der Waals surface area contributed by atoms with E-state index in [1.165, 1.54) is 21.4 Å². The van der Waals surface area contributed by atoms with Gasteiger partial charge in [0.1, 0.15) is 5.01 Å². The minimum absolute atomic E-state index is 0.100. The Balaban J connectivity index is 1.79. The Labute approximate surface area is 168 Å². The molecular formula is C20H25ClN4OS. The van der Waals surface area contributed by atoms with Crippen molar-refractivity contribution in [2.24, 2.45) is 0 Å². The highest BCUT2D eigenvalue weighted by atomic mass is 35.5. The second-order valence-corrected chi connectivity index (χ2v) is 8.19. The second kappa shape index (κ2) is 9.44. The van der Waals surface area contributed by atoms with Crippen molar-refractivity contribution < 1.29 is 0 Å². The van der Waals surface area contributed by atoms with Gasteiger partial charge in [0, 0.05) is 30.6 Å². The summed E-state index contributed by atoms with van der Waals surface area (Å²) in [6.45, 7) is 6.69. The topological polar surface area (TPSA) is 50.5 Å². The van der Waals surface area contributed by atoms with Gasteiger partial charge in [-0.25, -0.2) is 4.98 Å². The van der Waals surface area contributed by atoms with Gasteiger partial charge in [0.2, 0.25) is 4.96 Å². The fourth-order valence-electron chi connectivity index (χ4n) is 3.01. The fourth-order valence-corrected chi connectivity index (χ4v) is 4.10. The van der Waals surface area contributed by atoms with Crippen LogP contribution in [0.4, 0.5) is 0 Å². The van der Waals surface area contributed by atoms with Crippen LogP contribution in [0.2, 0.25) is 5.02 Å². The molecule has 0 bridgehead atoms. The van der Waals surface area contributed by atoms with Crippen LogP contribution in [0.1, 0.15) is 49.4 Å². The van der Waals surface area contributed by atoms with Crippen molar-refractivity contribution in [2.75, 3.05) is 6.54 Å². The molecule has 2 aromatic heterocycles. The van der Waals surface area contributed by atoms with Crippen molar-refractivity contribution in [3.63, 3.8) is 0 Å². The van der Waals surface area contributed by atoms with Crippen molar-refractivity contribution >= 4 is 27.9 Å². The van der Waals surface area contributed by atoms with Gasteiger partial charge < -0.3 is 0 Å². The number of benzene rings is 1. The molecule has 0 atom stereocenters. The first-order valence-electron chi connectivity index (χ1n) is 9.44. The highest BCUT2D eigenvalue weighted by Gasteiger charge is 2.12. The third kappa shape index (κ3) is 5.37. The summed E-state index contributed by atoms with van der Waals surface area (Å²) in [7, 11) is 0. The Morgan fingerprint density at radius 2 is 1.93 bits per heavy atom. The number of nitrogens with zero attached hydrogens (tertiary/aromatic N) is 4. The first-order chi connectivity index (χ1) is 13.1. The number of aryl methyl sites for hydroxylation is 1. The van der Waals surface area contributed by atoms with Crippen LogP contribution in [-0.2, 0) is 19.5 Å². The van der Waals surface area contributed by atoms with Crippen molar-refractivity contribution in [1.82, 2.24) is 19.5 Å². The van der Waals surface area contributed by atoms with Gasteiger partial charge in [-0.2, -0.15) is 9.61 Å². The van der Waals surface area contributed by atoms with E-state index in [2.05, 4.69) is 23.8 Å². The molecule has 2 heterocycles. The van der Waals surface area contributed by atoms with Crippen LogP contribution >= 0.6 is 22.9 Å². The summed E-state index contributed by atoms with van der Waals surface area (Å²) in [5, 5.41) is 6.13. The average molecular weight is 405 g/mol. The van der Waals surface area contributed by atoms with Crippen molar-refractivity contribution in [1.29, 1.82) is 0 Å². The quantitative estimate of drug-likeness (QED) is 0.524. The van der Waals surface area contributed by atoms with E-state index < -0.39 is 0 Å². The number of halogens is 1. The average Bonchev–Trinajstić information content (AvgIpc) is 3.05. The first kappa shape index (κ1) is 20.0. The largest absolute Gasteiger partial charge is 0.293 e. The highest BCUT2D eigenvalue weighted by molar-refractivity contribution is 7.16. The predicted octanol–water partition coefficient (Wildman–Crippen LogP) is 4.56. The van der Waals surface area contributed by atoms with Gasteiger partial charge >= 0.3 is 0 Å². The summed E-state index contributed by atoms with van der Waals surface area (Å²) in [5.74, 6) is 0. The molecule has 0 radical (unpaired) electrons. The molecular weight excluding hydrogens is 380 g/mol. The zero-order chi connectivity index (χ0) is 19.2. The maximum absolute atomic E-state index is 12.5. The van der Waals surface area contributed by atoms with Crippen molar-refractivity contribution in [3.05, 3.63) is 62.0 Å². The first-order valence-corrected chi connectivity index (χ1v) is 10.6. The monoisotopic (exact) mass is 404 g/mol. The Hall–Kier alpha value is -1.76. The molecule has 3 aromatic rings. The molecule has 27 heavy (non-hydrogen) atoms. The number of hydrogen-bond acceptors (Lipinski definition) is 5. The standard InChI is InChI=1S/C20H25ClN4OS/c1-3-5-6-18-23-25-19(26)12-17(22-20(25)27-18)14-24(11-4-2)13-15-7-9-16(21)10-8-15/h7-10,12H,3-6,11,13-14H2,1-2H3. The summed E-state index contributed by atoms with van der Waals surface area (Å²) < 4.78 is 1.43. The van der Waals surface area contributed by atoms with Crippen LogP contribution in [0.15, 0.2) is 35.1 Å². The summed E-state index contributed by atoms with van der Waals surface area (Å²) in [4.78, 5) is 20.1. The molecule has 0 amide bonds. The maximum atomic E-state index is 12.5. The van der Waals surface area contributed by atoms with E-state index in [0.29, 0.717) is 11.5 Å². The SMILES string of the molecule is CCCCc1nn2c(=O)cc(CN(CCC)Cc3ccc(Cl)cc3)nc2s1. The van der Waals surface area contributed by atoms with Crippen LogP contribution in [0.25, 0.3) is 4.96 Å². The van der Waals surface area contributed by atoms with E-state index in [9.17, 15) is 4.79 Å². The molecule has 0 saturated carbocycles. The fraction of sp³-hybridized carbons (Fsp3) is 0.450. The van der Waals surface area contributed by atoms with Gasteiger partial charge in [0.15, 0.2) is 0 Å². The summed E-state index contributed by atoms with van der Waals surface area (Å²) >= 11 is 7.50. The lowest BCUT2D eigenvalue weighted by atomic mass is 10.2. The molecule has 0 aliphatic carbocycles. The van der Waals surface area contributed by atoms with E-state index in [1.807, 2.05) is 24.3 Å².